The molecule has 104 valence electrons. The molecule has 0 bridgehead atoms. The number of carbonyl (C=O) groups excluding carboxylic acids is 1. The molecule has 0 aromatic carbocycles. The molecular weight excluding hydrogens is 256 g/mol. The van der Waals surface area contributed by atoms with Gasteiger partial charge in [0, 0.05) is 32.4 Å². The highest BCUT2D eigenvalue weighted by atomic mass is 16.2. The van der Waals surface area contributed by atoms with Gasteiger partial charge in [-0.1, -0.05) is 0 Å². The monoisotopic (exact) mass is 272 g/mol. The predicted molar refractivity (Wildman–Crippen MR) is 73.5 cm³/mol. The topological polar surface area (TPSA) is 78.0 Å². The summed E-state index contributed by atoms with van der Waals surface area (Å²) in [6.45, 7) is 4.94. The van der Waals surface area contributed by atoms with Gasteiger partial charge in [-0.3, -0.25) is 4.79 Å². The first kappa shape index (κ1) is 12.6. The summed E-state index contributed by atoms with van der Waals surface area (Å²) in [5.41, 5.74) is 1.56. The summed E-state index contributed by atoms with van der Waals surface area (Å²) >= 11 is 0. The standard InChI is InChI=1S/C13H16N6O/c1-10-2-3-14-12(8-10)18-4-6-19(7-5-18)13(20)11-9-15-17-16-11/h2-3,8-9H,4-7H2,1H3,(H,15,16,17). The number of H-pyrrole nitrogens is 1. The summed E-state index contributed by atoms with van der Waals surface area (Å²) in [7, 11) is 0. The van der Waals surface area contributed by atoms with Crippen LogP contribution in [0.4, 0.5) is 5.82 Å². The van der Waals surface area contributed by atoms with E-state index in [2.05, 4.69) is 38.3 Å². The molecule has 0 radical (unpaired) electrons. The van der Waals surface area contributed by atoms with E-state index in [4.69, 9.17) is 0 Å². The van der Waals surface area contributed by atoms with Crippen molar-refractivity contribution in [3.63, 3.8) is 0 Å². The number of aryl methyl sites for hydroxylation is 1. The molecule has 0 aliphatic carbocycles. The van der Waals surface area contributed by atoms with E-state index in [1.807, 2.05) is 12.3 Å². The Morgan fingerprint density at radius 1 is 1.30 bits per heavy atom. The normalized spacial score (nSPS) is 15.4. The molecule has 1 saturated heterocycles. The van der Waals surface area contributed by atoms with E-state index in [-0.39, 0.29) is 5.91 Å². The highest BCUT2D eigenvalue weighted by Crippen LogP contribution is 2.15. The number of nitrogens with one attached hydrogen (secondary N) is 1. The highest BCUT2D eigenvalue weighted by molar-refractivity contribution is 5.92. The van der Waals surface area contributed by atoms with Crippen molar-refractivity contribution in [3.05, 3.63) is 35.8 Å². The molecule has 1 fully saturated rings. The second kappa shape index (κ2) is 5.28. The van der Waals surface area contributed by atoms with Gasteiger partial charge < -0.3 is 9.80 Å². The molecule has 1 aliphatic rings. The summed E-state index contributed by atoms with van der Waals surface area (Å²) in [5.74, 6) is 0.897. The Balaban J connectivity index is 1.64. The van der Waals surface area contributed by atoms with E-state index in [9.17, 15) is 4.79 Å². The fourth-order valence-corrected chi connectivity index (χ4v) is 2.30. The third-order valence-corrected chi connectivity index (χ3v) is 3.43. The maximum absolute atomic E-state index is 12.1. The molecule has 0 saturated carbocycles. The van der Waals surface area contributed by atoms with E-state index in [0.29, 0.717) is 18.8 Å². The molecule has 1 amide bonds. The minimum absolute atomic E-state index is 0.0735. The van der Waals surface area contributed by atoms with E-state index in [1.165, 1.54) is 11.8 Å². The smallest absolute Gasteiger partial charge is 0.276 e. The lowest BCUT2D eigenvalue weighted by atomic mass is 10.2. The van der Waals surface area contributed by atoms with Gasteiger partial charge in [-0.25, -0.2) is 4.98 Å². The third-order valence-electron chi connectivity index (χ3n) is 3.43. The first-order chi connectivity index (χ1) is 9.74. The van der Waals surface area contributed by atoms with E-state index in [0.717, 1.165) is 18.9 Å². The molecule has 2 aromatic heterocycles. The van der Waals surface area contributed by atoms with Crippen molar-refractivity contribution >= 4 is 11.7 Å². The second-order valence-corrected chi connectivity index (χ2v) is 4.83. The molecular formula is C13H16N6O. The largest absolute Gasteiger partial charge is 0.353 e. The Kier molecular flexibility index (Phi) is 3.32. The van der Waals surface area contributed by atoms with Crippen LogP contribution in [-0.2, 0) is 0 Å². The van der Waals surface area contributed by atoms with Crippen LogP contribution in [0.15, 0.2) is 24.5 Å². The number of amides is 1. The lowest BCUT2D eigenvalue weighted by Crippen LogP contribution is -2.49. The third kappa shape index (κ3) is 2.47. The van der Waals surface area contributed by atoms with E-state index in [1.54, 1.807) is 4.90 Å². The quantitative estimate of drug-likeness (QED) is 0.860. The van der Waals surface area contributed by atoms with Crippen LogP contribution in [0, 0.1) is 6.92 Å². The van der Waals surface area contributed by atoms with Crippen LogP contribution in [0.5, 0.6) is 0 Å². The van der Waals surface area contributed by atoms with Crippen LogP contribution >= 0.6 is 0 Å². The lowest BCUT2D eigenvalue weighted by Gasteiger charge is -2.35. The fourth-order valence-electron chi connectivity index (χ4n) is 2.30. The van der Waals surface area contributed by atoms with Crippen LogP contribution in [-0.4, -0.2) is 57.4 Å². The van der Waals surface area contributed by atoms with Crippen LogP contribution in [0.1, 0.15) is 16.1 Å². The number of anilines is 1. The number of rotatable bonds is 2. The van der Waals surface area contributed by atoms with Gasteiger partial charge >= 0.3 is 0 Å². The van der Waals surface area contributed by atoms with E-state index >= 15 is 0 Å². The molecule has 0 spiro atoms. The van der Waals surface area contributed by atoms with Gasteiger partial charge in [0.05, 0.1) is 6.20 Å². The Labute approximate surface area is 116 Å². The van der Waals surface area contributed by atoms with Crippen LogP contribution < -0.4 is 4.90 Å². The number of carbonyl (C=O) groups is 1. The number of aromatic nitrogens is 4. The maximum atomic E-state index is 12.1. The predicted octanol–water partition coefficient (Wildman–Crippen LogP) is 0.471. The Morgan fingerprint density at radius 2 is 2.10 bits per heavy atom. The molecule has 3 rings (SSSR count). The summed E-state index contributed by atoms with van der Waals surface area (Å²) in [6, 6.07) is 4.04. The van der Waals surface area contributed by atoms with Crippen molar-refractivity contribution in [1.29, 1.82) is 0 Å². The van der Waals surface area contributed by atoms with Gasteiger partial charge in [-0.15, -0.1) is 0 Å². The SMILES string of the molecule is Cc1ccnc(N2CCN(C(=O)c3cn[nH]n3)CC2)c1. The molecule has 1 N–H and O–H groups in total. The van der Waals surface area contributed by atoms with Gasteiger partial charge in [0.2, 0.25) is 0 Å². The maximum Gasteiger partial charge on any atom is 0.276 e. The first-order valence-corrected chi connectivity index (χ1v) is 6.57. The summed E-state index contributed by atoms with van der Waals surface area (Å²) in [6.07, 6.45) is 3.27. The van der Waals surface area contributed by atoms with Crippen molar-refractivity contribution < 1.29 is 4.79 Å². The van der Waals surface area contributed by atoms with Crippen molar-refractivity contribution in [3.8, 4) is 0 Å². The van der Waals surface area contributed by atoms with Gasteiger partial charge in [-0.2, -0.15) is 15.4 Å². The number of hydrogen-bond acceptors (Lipinski definition) is 5. The Morgan fingerprint density at radius 3 is 2.75 bits per heavy atom. The minimum Gasteiger partial charge on any atom is -0.353 e. The highest BCUT2D eigenvalue weighted by Gasteiger charge is 2.24. The Hall–Kier alpha value is -2.44. The molecule has 7 nitrogen and oxygen atoms in total. The van der Waals surface area contributed by atoms with Gasteiger partial charge in [0.25, 0.3) is 5.91 Å². The zero-order valence-electron chi connectivity index (χ0n) is 11.3. The van der Waals surface area contributed by atoms with Crippen molar-refractivity contribution in [1.82, 2.24) is 25.3 Å². The molecule has 3 heterocycles. The zero-order valence-corrected chi connectivity index (χ0v) is 11.3. The van der Waals surface area contributed by atoms with Gasteiger partial charge in [-0.05, 0) is 24.6 Å². The van der Waals surface area contributed by atoms with Crippen LogP contribution in [0.2, 0.25) is 0 Å². The summed E-state index contributed by atoms with van der Waals surface area (Å²) < 4.78 is 0. The average Bonchev–Trinajstić information content (AvgIpc) is 3.01. The zero-order chi connectivity index (χ0) is 13.9. The van der Waals surface area contributed by atoms with Crippen molar-refractivity contribution in [2.45, 2.75) is 6.92 Å². The molecule has 1 aliphatic heterocycles. The molecule has 20 heavy (non-hydrogen) atoms. The Bertz CT molecular complexity index is 589. The van der Waals surface area contributed by atoms with Crippen LogP contribution in [0.3, 0.4) is 0 Å². The minimum atomic E-state index is -0.0735. The van der Waals surface area contributed by atoms with Gasteiger partial charge in [0.15, 0.2) is 5.69 Å². The first-order valence-electron chi connectivity index (χ1n) is 6.57. The number of hydrogen-bond donors (Lipinski definition) is 1. The number of pyridine rings is 1. The molecule has 0 unspecified atom stereocenters. The lowest BCUT2D eigenvalue weighted by molar-refractivity contribution is 0.0740. The number of nitrogens with zero attached hydrogens (tertiary/aromatic N) is 5. The van der Waals surface area contributed by atoms with Crippen LogP contribution in [0.25, 0.3) is 0 Å². The van der Waals surface area contributed by atoms with Gasteiger partial charge in [0.1, 0.15) is 5.82 Å². The number of aromatic amines is 1. The second-order valence-electron chi connectivity index (χ2n) is 4.83. The molecule has 7 heteroatoms. The fraction of sp³-hybridized carbons (Fsp3) is 0.385. The number of piperazine rings is 1. The molecule has 2 aromatic rings. The van der Waals surface area contributed by atoms with E-state index < -0.39 is 0 Å². The van der Waals surface area contributed by atoms with Crippen molar-refractivity contribution in [2.24, 2.45) is 0 Å². The average molecular weight is 272 g/mol. The molecule has 0 atom stereocenters. The van der Waals surface area contributed by atoms with Crippen molar-refractivity contribution in [2.75, 3.05) is 31.1 Å². The summed E-state index contributed by atoms with van der Waals surface area (Å²) in [4.78, 5) is 20.5. The summed E-state index contributed by atoms with van der Waals surface area (Å²) in [5, 5.41) is 9.96.